The van der Waals surface area contributed by atoms with Gasteiger partial charge in [0.05, 0.1) is 25.1 Å². The fraction of sp³-hybridized carbons (Fsp3) is 0.381. The van der Waals surface area contributed by atoms with E-state index in [2.05, 4.69) is 0 Å². The molecule has 0 bridgehead atoms. The molecule has 4 atom stereocenters. The van der Waals surface area contributed by atoms with E-state index in [0.717, 1.165) is 11.1 Å². The Morgan fingerprint density at radius 2 is 1.59 bits per heavy atom. The van der Waals surface area contributed by atoms with Gasteiger partial charge in [-0.1, -0.05) is 60.7 Å². The van der Waals surface area contributed by atoms with Crippen molar-refractivity contribution in [3.05, 3.63) is 71.8 Å². The smallest absolute Gasteiger partial charge is 0.303 e. The molecule has 2 aromatic carbocycles. The Bertz CT molecular complexity index is 713. The number of carbonyl (C=O) groups excluding carboxylic acids is 1. The molecule has 1 aliphatic heterocycles. The summed E-state index contributed by atoms with van der Waals surface area (Å²) in [7, 11) is 0. The highest BCUT2D eigenvalue weighted by molar-refractivity contribution is 8.00. The third-order valence-electron chi connectivity index (χ3n) is 4.21. The standard InChI is InChI=1S/C21H23FO4S/c1-15(23)26-21-19(22)20(25-13-17-10-6-3-7-11-17)18(27-21)14-24-12-16-8-4-2-5-9-16/h2-11,18-21H,12-14H2,1H3/t18-,19-,20-,21?/m1/s1. The molecule has 0 N–H and O–H groups in total. The average Bonchev–Trinajstić information content (AvgIpc) is 2.96. The number of carbonyl (C=O) groups is 1. The van der Waals surface area contributed by atoms with Crippen LogP contribution in [0.2, 0.25) is 0 Å². The van der Waals surface area contributed by atoms with Crippen molar-refractivity contribution >= 4 is 17.7 Å². The Hall–Kier alpha value is -1.89. The van der Waals surface area contributed by atoms with Gasteiger partial charge in [-0.2, -0.15) is 0 Å². The van der Waals surface area contributed by atoms with Crippen molar-refractivity contribution in [2.24, 2.45) is 0 Å². The monoisotopic (exact) mass is 390 g/mol. The molecule has 1 heterocycles. The minimum atomic E-state index is -1.40. The molecule has 0 amide bonds. The average molecular weight is 390 g/mol. The minimum absolute atomic E-state index is 0.253. The zero-order chi connectivity index (χ0) is 19.1. The van der Waals surface area contributed by atoms with E-state index in [1.807, 2.05) is 60.7 Å². The molecule has 1 aliphatic rings. The molecular formula is C21H23FO4S. The lowest BCUT2D eigenvalue weighted by Gasteiger charge is -2.20. The van der Waals surface area contributed by atoms with Gasteiger partial charge in [-0.3, -0.25) is 4.79 Å². The molecule has 27 heavy (non-hydrogen) atoms. The first-order valence-corrected chi connectivity index (χ1v) is 9.81. The second-order valence-corrected chi connectivity index (χ2v) is 7.70. The maximum Gasteiger partial charge on any atom is 0.303 e. The Balaban J connectivity index is 1.59. The molecule has 0 spiro atoms. The molecule has 0 radical (unpaired) electrons. The highest BCUT2D eigenvalue weighted by Gasteiger charge is 2.47. The summed E-state index contributed by atoms with van der Waals surface area (Å²) in [6, 6.07) is 19.4. The van der Waals surface area contributed by atoms with Crippen molar-refractivity contribution < 1.29 is 23.4 Å². The summed E-state index contributed by atoms with van der Waals surface area (Å²) in [6.07, 6.45) is -2.09. The molecule has 0 saturated carbocycles. The number of halogens is 1. The van der Waals surface area contributed by atoms with Gasteiger partial charge in [0.2, 0.25) is 0 Å². The fourth-order valence-electron chi connectivity index (χ4n) is 2.91. The lowest BCUT2D eigenvalue weighted by Crippen LogP contribution is -2.35. The van der Waals surface area contributed by atoms with Crippen LogP contribution in [0.4, 0.5) is 4.39 Å². The predicted molar refractivity (Wildman–Crippen MR) is 103 cm³/mol. The summed E-state index contributed by atoms with van der Waals surface area (Å²) in [5.41, 5.74) is 1.15. The normalized spacial score (nSPS) is 24.7. The van der Waals surface area contributed by atoms with Gasteiger partial charge in [-0.15, -0.1) is 11.8 Å². The van der Waals surface area contributed by atoms with Crippen LogP contribution in [0.5, 0.6) is 0 Å². The third-order valence-corrected chi connectivity index (χ3v) is 5.59. The molecular weight excluding hydrogens is 367 g/mol. The molecule has 1 saturated heterocycles. The molecule has 1 fully saturated rings. The summed E-state index contributed by atoms with van der Waals surface area (Å²) >= 11 is 1.26. The summed E-state index contributed by atoms with van der Waals surface area (Å²) in [4.78, 5) is 11.3. The van der Waals surface area contributed by atoms with E-state index in [1.165, 1.54) is 18.7 Å². The number of benzene rings is 2. The van der Waals surface area contributed by atoms with Gasteiger partial charge in [-0.25, -0.2) is 4.39 Å². The topological polar surface area (TPSA) is 44.8 Å². The molecule has 0 aromatic heterocycles. The largest absolute Gasteiger partial charge is 0.448 e. The zero-order valence-electron chi connectivity index (χ0n) is 15.1. The van der Waals surface area contributed by atoms with E-state index in [-0.39, 0.29) is 5.25 Å². The van der Waals surface area contributed by atoms with Crippen molar-refractivity contribution in [1.82, 2.24) is 0 Å². The summed E-state index contributed by atoms with van der Waals surface area (Å²) in [5.74, 6) is -0.497. The van der Waals surface area contributed by atoms with Crippen molar-refractivity contribution in [2.75, 3.05) is 6.61 Å². The second-order valence-electron chi connectivity index (χ2n) is 6.36. The number of hydrogen-bond acceptors (Lipinski definition) is 5. The number of alkyl halides is 1. The predicted octanol–water partition coefficient (Wildman–Crippen LogP) is 4.13. The quantitative estimate of drug-likeness (QED) is 0.634. The number of esters is 1. The Morgan fingerprint density at radius 3 is 2.19 bits per heavy atom. The van der Waals surface area contributed by atoms with Gasteiger partial charge >= 0.3 is 5.97 Å². The number of ether oxygens (including phenoxy) is 3. The lowest BCUT2D eigenvalue weighted by molar-refractivity contribution is -0.146. The first kappa shape index (κ1) is 19.9. The van der Waals surface area contributed by atoms with Crippen LogP contribution in [0.3, 0.4) is 0 Å². The van der Waals surface area contributed by atoms with E-state index in [4.69, 9.17) is 14.2 Å². The van der Waals surface area contributed by atoms with Crippen LogP contribution in [0, 0.1) is 0 Å². The summed E-state index contributed by atoms with van der Waals surface area (Å²) < 4.78 is 31.6. The molecule has 1 unspecified atom stereocenters. The summed E-state index contributed by atoms with van der Waals surface area (Å²) in [6.45, 7) is 2.34. The molecule has 3 rings (SSSR count). The minimum Gasteiger partial charge on any atom is -0.448 e. The first-order valence-electron chi connectivity index (χ1n) is 8.87. The molecule has 6 heteroatoms. The van der Waals surface area contributed by atoms with Crippen LogP contribution < -0.4 is 0 Å². The van der Waals surface area contributed by atoms with Crippen molar-refractivity contribution in [3.63, 3.8) is 0 Å². The maximum atomic E-state index is 14.8. The van der Waals surface area contributed by atoms with Crippen LogP contribution in [0.1, 0.15) is 18.1 Å². The van der Waals surface area contributed by atoms with Gasteiger partial charge < -0.3 is 14.2 Å². The van der Waals surface area contributed by atoms with Gasteiger partial charge in [-0.05, 0) is 11.1 Å². The maximum absolute atomic E-state index is 14.8. The highest BCUT2D eigenvalue weighted by Crippen LogP contribution is 2.39. The number of thioether (sulfide) groups is 1. The fourth-order valence-corrected chi connectivity index (χ4v) is 4.31. The van der Waals surface area contributed by atoms with Crippen molar-refractivity contribution in [1.29, 1.82) is 0 Å². The Morgan fingerprint density at radius 1 is 1.00 bits per heavy atom. The summed E-state index contributed by atoms with van der Waals surface area (Å²) in [5, 5.41) is -0.253. The van der Waals surface area contributed by atoms with Crippen LogP contribution >= 0.6 is 11.8 Å². The van der Waals surface area contributed by atoms with E-state index < -0.39 is 23.7 Å². The zero-order valence-corrected chi connectivity index (χ0v) is 15.9. The van der Waals surface area contributed by atoms with Crippen LogP contribution in [0.25, 0.3) is 0 Å². The van der Waals surface area contributed by atoms with Crippen LogP contribution in [0.15, 0.2) is 60.7 Å². The van der Waals surface area contributed by atoms with Crippen LogP contribution in [-0.2, 0) is 32.2 Å². The second kappa shape index (κ2) is 9.88. The van der Waals surface area contributed by atoms with Crippen molar-refractivity contribution in [2.45, 2.75) is 43.1 Å². The van der Waals surface area contributed by atoms with Crippen molar-refractivity contribution in [3.8, 4) is 0 Å². The van der Waals surface area contributed by atoms with E-state index in [9.17, 15) is 9.18 Å². The van der Waals surface area contributed by atoms with Gasteiger partial charge in [0.25, 0.3) is 0 Å². The van der Waals surface area contributed by atoms with Gasteiger partial charge in [0.15, 0.2) is 11.6 Å². The van der Waals surface area contributed by atoms with Gasteiger partial charge in [0.1, 0.15) is 6.10 Å². The van der Waals surface area contributed by atoms with E-state index >= 15 is 0 Å². The molecule has 144 valence electrons. The lowest BCUT2D eigenvalue weighted by atomic mass is 10.1. The van der Waals surface area contributed by atoms with E-state index in [0.29, 0.717) is 19.8 Å². The Kier molecular flexibility index (Phi) is 7.26. The first-order chi connectivity index (χ1) is 13.1. The highest BCUT2D eigenvalue weighted by atomic mass is 32.2. The SMILES string of the molecule is CC(=O)OC1S[C@H](COCc2ccccc2)[C@@H](OCc2ccccc2)[C@H]1F. The van der Waals surface area contributed by atoms with Gasteiger partial charge in [0, 0.05) is 6.92 Å². The number of rotatable bonds is 8. The third kappa shape index (κ3) is 5.79. The molecule has 2 aromatic rings. The van der Waals surface area contributed by atoms with Crippen LogP contribution in [-0.4, -0.2) is 35.5 Å². The molecule has 0 aliphatic carbocycles. The Labute approximate surface area is 163 Å². The molecule has 4 nitrogen and oxygen atoms in total. The van der Waals surface area contributed by atoms with E-state index in [1.54, 1.807) is 0 Å². The number of hydrogen-bond donors (Lipinski definition) is 0.